The number of amides is 2. The van der Waals surface area contributed by atoms with Crippen LogP contribution >= 0.6 is 0 Å². The number of rotatable bonds is 4. The monoisotopic (exact) mass is 395 g/mol. The molecule has 2 amide bonds. The van der Waals surface area contributed by atoms with E-state index in [1.54, 1.807) is 31.5 Å². The van der Waals surface area contributed by atoms with Crippen molar-refractivity contribution in [3.05, 3.63) is 48.0 Å². The van der Waals surface area contributed by atoms with Crippen molar-refractivity contribution < 1.29 is 14.0 Å². The third kappa shape index (κ3) is 3.57. The third-order valence-corrected chi connectivity index (χ3v) is 5.15. The van der Waals surface area contributed by atoms with Crippen molar-refractivity contribution in [1.82, 2.24) is 14.8 Å². The SMILES string of the molecule is Cc1ccc(N2CC(C(=O)Nc3cnc4c(cnn4C(C)C)c3)CC2=O)cc1F. The van der Waals surface area contributed by atoms with Gasteiger partial charge in [-0.15, -0.1) is 0 Å². The van der Waals surface area contributed by atoms with Crippen LogP contribution in [0.25, 0.3) is 11.0 Å². The minimum Gasteiger partial charge on any atom is -0.324 e. The van der Waals surface area contributed by atoms with E-state index in [0.29, 0.717) is 16.9 Å². The first-order chi connectivity index (χ1) is 13.8. The summed E-state index contributed by atoms with van der Waals surface area (Å²) in [7, 11) is 0. The molecule has 150 valence electrons. The average molecular weight is 395 g/mol. The van der Waals surface area contributed by atoms with Crippen LogP contribution in [0.15, 0.2) is 36.7 Å². The first kappa shape index (κ1) is 19.0. The molecular weight excluding hydrogens is 373 g/mol. The van der Waals surface area contributed by atoms with Crippen molar-refractivity contribution in [2.75, 3.05) is 16.8 Å². The Morgan fingerprint density at radius 2 is 2.07 bits per heavy atom. The Morgan fingerprint density at radius 3 is 2.79 bits per heavy atom. The second kappa shape index (κ2) is 7.27. The van der Waals surface area contributed by atoms with Crippen molar-refractivity contribution in [2.24, 2.45) is 5.92 Å². The minimum atomic E-state index is -0.513. The molecule has 3 heterocycles. The highest BCUT2D eigenvalue weighted by Gasteiger charge is 2.35. The average Bonchev–Trinajstić information content (AvgIpc) is 3.27. The summed E-state index contributed by atoms with van der Waals surface area (Å²) < 4.78 is 15.7. The first-order valence-corrected chi connectivity index (χ1v) is 9.54. The standard InChI is InChI=1S/C21H22FN5O2/c1-12(2)27-20-14(9-24-27)6-16(10-23-20)25-21(29)15-7-19(28)26(11-15)17-5-4-13(3)18(22)8-17/h4-6,8-10,12,15H,7,11H2,1-3H3,(H,25,29). The summed E-state index contributed by atoms with van der Waals surface area (Å²) in [6, 6.07) is 6.65. The van der Waals surface area contributed by atoms with Crippen molar-refractivity contribution in [2.45, 2.75) is 33.2 Å². The number of nitrogens with one attached hydrogen (secondary N) is 1. The molecule has 2 aromatic heterocycles. The van der Waals surface area contributed by atoms with E-state index in [0.717, 1.165) is 11.0 Å². The fraction of sp³-hybridized carbons (Fsp3) is 0.333. The number of benzene rings is 1. The summed E-state index contributed by atoms with van der Waals surface area (Å²) >= 11 is 0. The molecule has 3 aromatic rings. The number of fused-ring (bicyclic) bond motifs is 1. The van der Waals surface area contributed by atoms with Gasteiger partial charge in [0.2, 0.25) is 11.8 Å². The molecule has 8 heteroatoms. The Hall–Kier alpha value is -3.29. The van der Waals surface area contributed by atoms with Gasteiger partial charge in [-0.2, -0.15) is 5.10 Å². The van der Waals surface area contributed by atoms with Crippen molar-refractivity contribution in [1.29, 1.82) is 0 Å². The molecule has 0 spiro atoms. The largest absolute Gasteiger partial charge is 0.324 e. The van der Waals surface area contributed by atoms with Crippen LogP contribution in [0.1, 0.15) is 31.9 Å². The Morgan fingerprint density at radius 1 is 1.28 bits per heavy atom. The summed E-state index contributed by atoms with van der Waals surface area (Å²) in [5.74, 6) is -1.34. The normalized spacial score (nSPS) is 16.8. The van der Waals surface area contributed by atoms with Gasteiger partial charge in [-0.1, -0.05) is 6.07 Å². The molecule has 1 aliphatic rings. The van der Waals surface area contributed by atoms with Crippen molar-refractivity contribution in [3.63, 3.8) is 0 Å². The molecule has 0 aliphatic carbocycles. The maximum Gasteiger partial charge on any atom is 0.229 e. The summed E-state index contributed by atoms with van der Waals surface area (Å²) in [4.78, 5) is 30.9. The van der Waals surface area contributed by atoms with E-state index in [4.69, 9.17) is 0 Å². The highest BCUT2D eigenvalue weighted by Crippen LogP contribution is 2.28. The van der Waals surface area contributed by atoms with Crippen LogP contribution < -0.4 is 10.2 Å². The van der Waals surface area contributed by atoms with Gasteiger partial charge in [-0.3, -0.25) is 9.59 Å². The van der Waals surface area contributed by atoms with E-state index in [-0.39, 0.29) is 36.6 Å². The number of hydrogen-bond acceptors (Lipinski definition) is 4. The first-order valence-electron chi connectivity index (χ1n) is 9.54. The van der Waals surface area contributed by atoms with Gasteiger partial charge >= 0.3 is 0 Å². The molecule has 1 fully saturated rings. The lowest BCUT2D eigenvalue weighted by Gasteiger charge is -2.17. The third-order valence-electron chi connectivity index (χ3n) is 5.15. The molecule has 0 bridgehead atoms. The molecule has 0 saturated carbocycles. The van der Waals surface area contributed by atoms with Crippen molar-refractivity contribution in [3.8, 4) is 0 Å². The molecule has 1 aliphatic heterocycles. The summed E-state index contributed by atoms with van der Waals surface area (Å²) in [5.41, 5.74) is 2.29. The second-order valence-electron chi connectivity index (χ2n) is 7.65. The highest BCUT2D eigenvalue weighted by molar-refractivity contribution is 6.03. The van der Waals surface area contributed by atoms with Gasteiger partial charge in [0.15, 0.2) is 5.65 Å². The molecule has 1 atom stereocenters. The van der Waals surface area contributed by atoms with Gasteiger partial charge in [0.05, 0.1) is 24.0 Å². The van der Waals surface area contributed by atoms with Crippen LogP contribution in [0.3, 0.4) is 0 Å². The number of aryl methyl sites for hydroxylation is 1. The number of carbonyl (C=O) groups excluding carboxylic acids is 2. The molecule has 4 rings (SSSR count). The zero-order chi connectivity index (χ0) is 20.7. The number of pyridine rings is 1. The van der Waals surface area contributed by atoms with Gasteiger partial charge in [-0.05, 0) is 44.5 Å². The zero-order valence-corrected chi connectivity index (χ0v) is 16.5. The predicted molar refractivity (Wildman–Crippen MR) is 108 cm³/mol. The summed E-state index contributed by atoms with van der Waals surface area (Å²) in [6.45, 7) is 5.92. The van der Waals surface area contributed by atoms with Gasteiger partial charge < -0.3 is 10.2 Å². The predicted octanol–water partition coefficient (Wildman–Crippen LogP) is 3.45. The molecule has 0 radical (unpaired) electrons. The van der Waals surface area contributed by atoms with E-state index >= 15 is 0 Å². The lowest BCUT2D eigenvalue weighted by molar-refractivity contribution is -0.122. The fourth-order valence-corrected chi connectivity index (χ4v) is 3.51. The molecule has 7 nitrogen and oxygen atoms in total. The Kier molecular flexibility index (Phi) is 4.77. The van der Waals surface area contributed by atoms with E-state index in [2.05, 4.69) is 15.4 Å². The number of anilines is 2. The summed E-state index contributed by atoms with van der Waals surface area (Å²) in [5, 5.41) is 7.98. The number of halogens is 1. The Bertz CT molecular complexity index is 1110. The van der Waals surface area contributed by atoms with E-state index in [9.17, 15) is 14.0 Å². The summed E-state index contributed by atoms with van der Waals surface area (Å²) in [6.07, 6.45) is 3.39. The quantitative estimate of drug-likeness (QED) is 0.734. The number of hydrogen-bond donors (Lipinski definition) is 1. The second-order valence-corrected chi connectivity index (χ2v) is 7.65. The van der Waals surface area contributed by atoms with Gasteiger partial charge in [0.25, 0.3) is 0 Å². The Labute approximate surface area is 167 Å². The van der Waals surface area contributed by atoms with Crippen LogP contribution in [0, 0.1) is 18.7 Å². The lowest BCUT2D eigenvalue weighted by Crippen LogP contribution is -2.28. The number of carbonyl (C=O) groups is 2. The maximum atomic E-state index is 13.9. The van der Waals surface area contributed by atoms with E-state index in [1.165, 1.54) is 11.0 Å². The van der Waals surface area contributed by atoms with Crippen molar-refractivity contribution >= 4 is 34.2 Å². The fourth-order valence-electron chi connectivity index (χ4n) is 3.51. The van der Waals surface area contributed by atoms with Crippen LogP contribution in [0.4, 0.5) is 15.8 Å². The lowest BCUT2D eigenvalue weighted by atomic mass is 10.1. The highest BCUT2D eigenvalue weighted by atomic mass is 19.1. The smallest absolute Gasteiger partial charge is 0.229 e. The van der Waals surface area contributed by atoms with Crippen LogP contribution in [-0.4, -0.2) is 33.1 Å². The molecule has 1 aromatic carbocycles. The van der Waals surface area contributed by atoms with Crippen LogP contribution in [-0.2, 0) is 9.59 Å². The molecular formula is C21H22FN5O2. The van der Waals surface area contributed by atoms with Crippen LogP contribution in [0.5, 0.6) is 0 Å². The van der Waals surface area contributed by atoms with Gasteiger partial charge in [-0.25, -0.2) is 14.1 Å². The van der Waals surface area contributed by atoms with E-state index in [1.807, 2.05) is 24.6 Å². The molecule has 1 N–H and O–H groups in total. The Balaban J connectivity index is 1.48. The molecule has 29 heavy (non-hydrogen) atoms. The number of nitrogens with zero attached hydrogens (tertiary/aromatic N) is 4. The molecule has 1 saturated heterocycles. The van der Waals surface area contributed by atoms with Gasteiger partial charge in [0, 0.05) is 30.1 Å². The minimum absolute atomic E-state index is 0.0856. The number of aromatic nitrogens is 3. The topological polar surface area (TPSA) is 80.1 Å². The van der Waals surface area contributed by atoms with Gasteiger partial charge in [0.1, 0.15) is 5.82 Å². The molecule has 1 unspecified atom stereocenters. The van der Waals surface area contributed by atoms with Crippen LogP contribution in [0.2, 0.25) is 0 Å². The maximum absolute atomic E-state index is 13.9. The zero-order valence-electron chi connectivity index (χ0n) is 16.5. The van der Waals surface area contributed by atoms with E-state index < -0.39 is 5.92 Å².